The molecule has 2 amide bonds. The van der Waals surface area contributed by atoms with E-state index in [1.165, 1.54) is 6.42 Å². The number of rotatable bonds is 10. The Morgan fingerprint density at radius 3 is 2.67 bits per heavy atom. The van der Waals surface area contributed by atoms with Gasteiger partial charge in [-0.05, 0) is 82.3 Å². The maximum atomic E-state index is 13.6. The molecule has 0 saturated carbocycles. The van der Waals surface area contributed by atoms with Gasteiger partial charge in [0, 0.05) is 25.2 Å². The number of hydrogen-bond acceptors (Lipinski definition) is 8. The number of aromatic nitrogens is 7. The van der Waals surface area contributed by atoms with E-state index in [1.807, 2.05) is 65.9 Å². The first-order valence-electron chi connectivity index (χ1n) is 17.5. The zero-order chi connectivity index (χ0) is 34.1. The van der Waals surface area contributed by atoms with E-state index in [4.69, 9.17) is 9.84 Å². The number of amides is 2. The smallest absolute Gasteiger partial charge is 0.320 e. The Labute approximate surface area is 287 Å². The zero-order valence-corrected chi connectivity index (χ0v) is 29.1. The molecule has 3 atom stereocenters. The van der Waals surface area contributed by atoms with Crippen LogP contribution in [0.15, 0.2) is 61.1 Å². The van der Waals surface area contributed by atoms with Crippen LogP contribution in [0.1, 0.15) is 87.8 Å². The number of ether oxygens (including phenoxy) is 1. The highest BCUT2D eigenvalue weighted by Crippen LogP contribution is 2.39. The summed E-state index contributed by atoms with van der Waals surface area (Å²) in [5.74, 6) is 2.43. The standard InChI is InChI=1S/C36H47N11O2/c1-24(2)31-20-34(47(42-31)26-21-37-44(22-26)19-18-43(4)5)39-35(48)38-30-14-15-32(29-12-7-6-11-28(29)30)49-27-13-16-33-40-41-36(46(33)23-27)45-17-9-8-10-25(45)3/h6-7,11-13,16,20-25,30,32H,8-10,14-15,17-19H2,1-5H3,(H2,38,39,48)/t25-,30-,32+/m0/s1. The third kappa shape index (κ3) is 6.98. The Balaban J connectivity index is 1.06. The van der Waals surface area contributed by atoms with Crippen molar-refractivity contribution < 1.29 is 9.53 Å². The first-order chi connectivity index (χ1) is 23.7. The maximum absolute atomic E-state index is 13.6. The number of fused-ring (bicyclic) bond motifs is 2. The third-order valence-corrected chi connectivity index (χ3v) is 9.64. The van der Waals surface area contributed by atoms with Crippen LogP contribution in [-0.4, -0.2) is 78.3 Å². The summed E-state index contributed by atoms with van der Waals surface area (Å²) in [6, 6.07) is 14.1. The molecule has 0 unspecified atom stereocenters. The van der Waals surface area contributed by atoms with Gasteiger partial charge in [-0.3, -0.25) is 14.4 Å². The summed E-state index contributed by atoms with van der Waals surface area (Å²) in [7, 11) is 4.08. The topological polar surface area (TPSA) is 123 Å². The van der Waals surface area contributed by atoms with E-state index in [1.54, 1.807) is 10.9 Å². The molecule has 0 bridgehead atoms. The Kier molecular flexibility index (Phi) is 9.26. The molecule has 5 heterocycles. The summed E-state index contributed by atoms with van der Waals surface area (Å²) in [6.45, 7) is 9.04. The largest absolute Gasteiger partial charge is 0.484 e. The van der Waals surface area contributed by atoms with Crippen LogP contribution in [0.2, 0.25) is 0 Å². The Morgan fingerprint density at radius 2 is 1.88 bits per heavy atom. The monoisotopic (exact) mass is 665 g/mol. The van der Waals surface area contributed by atoms with Gasteiger partial charge in [0.2, 0.25) is 5.95 Å². The highest BCUT2D eigenvalue weighted by Gasteiger charge is 2.30. The molecule has 13 heteroatoms. The van der Waals surface area contributed by atoms with Crippen LogP contribution in [0.3, 0.4) is 0 Å². The first-order valence-corrected chi connectivity index (χ1v) is 17.5. The van der Waals surface area contributed by atoms with Crippen LogP contribution in [-0.2, 0) is 6.54 Å². The summed E-state index contributed by atoms with van der Waals surface area (Å²) >= 11 is 0. The lowest BCUT2D eigenvalue weighted by Gasteiger charge is -2.33. The van der Waals surface area contributed by atoms with Gasteiger partial charge >= 0.3 is 6.03 Å². The van der Waals surface area contributed by atoms with E-state index in [-0.39, 0.29) is 24.1 Å². The molecule has 1 saturated heterocycles. The summed E-state index contributed by atoms with van der Waals surface area (Å²) in [4.78, 5) is 18.0. The molecule has 2 N–H and O–H groups in total. The fourth-order valence-corrected chi connectivity index (χ4v) is 6.87. The number of anilines is 2. The molecule has 7 rings (SSSR count). The van der Waals surface area contributed by atoms with E-state index in [0.717, 1.165) is 85.2 Å². The maximum Gasteiger partial charge on any atom is 0.320 e. The van der Waals surface area contributed by atoms with Crippen molar-refractivity contribution in [1.82, 2.24) is 44.4 Å². The number of urea groups is 1. The molecule has 0 spiro atoms. The van der Waals surface area contributed by atoms with Crippen molar-refractivity contribution in [3.8, 4) is 11.4 Å². The average Bonchev–Trinajstić information content (AvgIpc) is 3.84. The second-order valence-electron chi connectivity index (χ2n) is 13.9. The van der Waals surface area contributed by atoms with Gasteiger partial charge in [0.25, 0.3) is 0 Å². The van der Waals surface area contributed by atoms with E-state index < -0.39 is 0 Å². The van der Waals surface area contributed by atoms with Crippen LogP contribution >= 0.6 is 0 Å². The molecule has 13 nitrogen and oxygen atoms in total. The van der Waals surface area contributed by atoms with Crippen LogP contribution in [0, 0.1) is 0 Å². The van der Waals surface area contributed by atoms with Gasteiger partial charge in [-0.1, -0.05) is 38.1 Å². The Bertz CT molecular complexity index is 1910. The lowest BCUT2D eigenvalue weighted by atomic mass is 9.85. The molecule has 258 valence electrons. The first kappa shape index (κ1) is 32.6. The van der Waals surface area contributed by atoms with E-state index >= 15 is 0 Å². The number of nitrogens with one attached hydrogen (secondary N) is 2. The van der Waals surface area contributed by atoms with Gasteiger partial charge in [0.05, 0.1) is 36.9 Å². The van der Waals surface area contributed by atoms with Crippen molar-refractivity contribution in [3.63, 3.8) is 0 Å². The molecule has 1 aliphatic carbocycles. The molecular weight excluding hydrogens is 618 g/mol. The molecule has 4 aromatic heterocycles. The molecule has 5 aromatic rings. The van der Waals surface area contributed by atoms with Crippen molar-refractivity contribution in [2.75, 3.05) is 37.4 Å². The highest BCUT2D eigenvalue weighted by atomic mass is 16.5. The number of benzene rings is 1. The number of pyridine rings is 1. The number of likely N-dealkylation sites (N-methyl/N-ethyl adjacent to an activating group) is 1. The second kappa shape index (κ2) is 13.9. The normalized spacial score (nSPS) is 19.4. The van der Waals surface area contributed by atoms with E-state index in [9.17, 15) is 4.79 Å². The minimum Gasteiger partial charge on any atom is -0.484 e. The van der Waals surface area contributed by atoms with Gasteiger partial charge < -0.3 is 19.9 Å². The van der Waals surface area contributed by atoms with Crippen molar-refractivity contribution in [2.45, 2.75) is 83.5 Å². The van der Waals surface area contributed by atoms with Gasteiger partial charge in [-0.25, -0.2) is 9.48 Å². The summed E-state index contributed by atoms with van der Waals surface area (Å²) in [6.07, 6.45) is 10.6. The highest BCUT2D eigenvalue weighted by molar-refractivity contribution is 5.89. The predicted molar refractivity (Wildman–Crippen MR) is 190 cm³/mol. The number of piperidine rings is 1. The van der Waals surface area contributed by atoms with Crippen LogP contribution < -0.4 is 20.3 Å². The number of nitrogens with zero attached hydrogens (tertiary/aromatic N) is 9. The van der Waals surface area contributed by atoms with Crippen LogP contribution in [0.5, 0.6) is 5.75 Å². The molecule has 1 fully saturated rings. The van der Waals surface area contributed by atoms with Gasteiger partial charge in [-0.2, -0.15) is 10.2 Å². The number of carbonyl (C=O) groups is 1. The molecule has 49 heavy (non-hydrogen) atoms. The summed E-state index contributed by atoms with van der Waals surface area (Å²) in [5, 5.41) is 24.6. The second-order valence-corrected chi connectivity index (χ2v) is 13.9. The predicted octanol–water partition coefficient (Wildman–Crippen LogP) is 5.95. The third-order valence-electron chi connectivity index (χ3n) is 9.64. The minimum absolute atomic E-state index is 0.150. The van der Waals surface area contributed by atoms with Crippen molar-refractivity contribution in [3.05, 3.63) is 77.9 Å². The Hall–Kier alpha value is -4.91. The average molecular weight is 666 g/mol. The van der Waals surface area contributed by atoms with Crippen molar-refractivity contribution >= 4 is 23.4 Å². The van der Waals surface area contributed by atoms with Crippen molar-refractivity contribution in [1.29, 1.82) is 0 Å². The fraction of sp³-hybridized carbons (Fsp3) is 0.472. The van der Waals surface area contributed by atoms with E-state index in [0.29, 0.717) is 11.9 Å². The van der Waals surface area contributed by atoms with Gasteiger partial charge in [0.1, 0.15) is 23.4 Å². The van der Waals surface area contributed by atoms with Gasteiger partial charge in [0.15, 0.2) is 5.65 Å². The lowest BCUT2D eigenvalue weighted by molar-refractivity contribution is 0.171. The fourth-order valence-electron chi connectivity index (χ4n) is 6.87. The van der Waals surface area contributed by atoms with Crippen LogP contribution in [0.25, 0.3) is 11.3 Å². The summed E-state index contributed by atoms with van der Waals surface area (Å²) in [5.41, 5.74) is 4.62. The van der Waals surface area contributed by atoms with E-state index in [2.05, 4.69) is 68.6 Å². The zero-order valence-electron chi connectivity index (χ0n) is 29.1. The molecule has 2 aliphatic rings. The number of hydrogen-bond donors (Lipinski definition) is 2. The molecule has 1 aliphatic heterocycles. The SMILES string of the molecule is CC(C)c1cc(NC(=O)N[C@H]2CC[C@@H](Oc3ccc4nnc(N5CCCC[C@@H]5C)n4c3)c3ccccc32)n(-c2cnn(CCN(C)C)c2)n1. The molecular formula is C36H47N11O2. The molecule has 1 aromatic carbocycles. The van der Waals surface area contributed by atoms with Crippen molar-refractivity contribution in [2.24, 2.45) is 0 Å². The summed E-state index contributed by atoms with van der Waals surface area (Å²) < 4.78 is 12.4. The Morgan fingerprint density at radius 1 is 1.04 bits per heavy atom. The number of carbonyl (C=O) groups excluding carboxylic acids is 1. The van der Waals surface area contributed by atoms with Crippen LogP contribution in [0.4, 0.5) is 16.6 Å². The molecule has 0 radical (unpaired) electrons. The van der Waals surface area contributed by atoms with Gasteiger partial charge in [-0.15, -0.1) is 10.2 Å². The lowest BCUT2D eigenvalue weighted by Crippen LogP contribution is -2.38. The quantitative estimate of drug-likeness (QED) is 0.188. The minimum atomic E-state index is -0.284.